The van der Waals surface area contributed by atoms with Crippen molar-refractivity contribution in [3.8, 4) is 5.75 Å². The highest BCUT2D eigenvalue weighted by Crippen LogP contribution is 2.23. The van der Waals surface area contributed by atoms with E-state index in [1.807, 2.05) is 6.07 Å². The van der Waals surface area contributed by atoms with Gasteiger partial charge in [0.2, 0.25) is 0 Å². The number of hydrogen-bond acceptors (Lipinski definition) is 2. The second-order valence-electron chi connectivity index (χ2n) is 4.20. The summed E-state index contributed by atoms with van der Waals surface area (Å²) in [5, 5.41) is 0. The Morgan fingerprint density at radius 3 is 3.06 bits per heavy atom. The van der Waals surface area contributed by atoms with Gasteiger partial charge in [0.05, 0.1) is 6.42 Å². The molecule has 0 aliphatic carbocycles. The summed E-state index contributed by atoms with van der Waals surface area (Å²) >= 11 is 0. The predicted octanol–water partition coefficient (Wildman–Crippen LogP) is 2.39. The van der Waals surface area contributed by atoms with Crippen molar-refractivity contribution in [3.63, 3.8) is 0 Å². The van der Waals surface area contributed by atoms with Crippen molar-refractivity contribution in [1.82, 2.24) is 5.48 Å². The number of rotatable bonds is 4. The maximum atomic E-state index is 11.2. The Bertz CT molecular complexity index is 388. The molecule has 0 saturated heterocycles. The lowest BCUT2D eigenvalue weighted by atomic mass is 10.0. The molecule has 1 N–H and O–H groups in total. The van der Waals surface area contributed by atoms with Crippen LogP contribution in [0.5, 0.6) is 5.75 Å². The van der Waals surface area contributed by atoms with Gasteiger partial charge in [-0.1, -0.05) is 31.9 Å². The lowest BCUT2D eigenvalue weighted by Crippen LogP contribution is -2.33. The van der Waals surface area contributed by atoms with Crippen LogP contribution < -0.4 is 10.3 Å². The van der Waals surface area contributed by atoms with Gasteiger partial charge in [-0.3, -0.25) is 4.79 Å². The van der Waals surface area contributed by atoms with Gasteiger partial charge < -0.3 is 4.84 Å². The van der Waals surface area contributed by atoms with Gasteiger partial charge in [-0.25, -0.2) is 0 Å². The van der Waals surface area contributed by atoms with Gasteiger partial charge in [-0.2, -0.15) is 5.48 Å². The highest BCUT2D eigenvalue weighted by atomic mass is 16.7. The molecule has 0 saturated carbocycles. The van der Waals surface area contributed by atoms with E-state index in [0.717, 1.165) is 17.7 Å². The molecule has 1 aromatic carbocycles. The summed E-state index contributed by atoms with van der Waals surface area (Å²) in [6, 6.07) is 6.10. The first-order valence-electron chi connectivity index (χ1n) is 5.87. The fraction of sp³-hybridized carbons (Fsp3) is 0.462. The van der Waals surface area contributed by atoms with E-state index < -0.39 is 0 Å². The zero-order valence-electron chi connectivity index (χ0n) is 9.58. The molecule has 0 radical (unpaired) electrons. The lowest BCUT2D eigenvalue weighted by Gasteiger charge is -2.17. The molecule has 0 fully saturated rings. The summed E-state index contributed by atoms with van der Waals surface area (Å²) in [4.78, 5) is 16.3. The van der Waals surface area contributed by atoms with Gasteiger partial charge in [0.1, 0.15) is 0 Å². The van der Waals surface area contributed by atoms with Crippen molar-refractivity contribution in [2.45, 2.75) is 39.0 Å². The molecule has 1 aliphatic heterocycles. The largest absolute Gasteiger partial charge is 0.379 e. The predicted molar refractivity (Wildman–Crippen MR) is 62.1 cm³/mol. The molecule has 3 heteroatoms. The van der Waals surface area contributed by atoms with Crippen LogP contribution in [0.25, 0.3) is 0 Å². The minimum atomic E-state index is -0.0711. The number of nitrogens with one attached hydrogen (secondary N) is 1. The van der Waals surface area contributed by atoms with Crippen molar-refractivity contribution in [2.75, 3.05) is 0 Å². The van der Waals surface area contributed by atoms with E-state index >= 15 is 0 Å². The third-order valence-electron chi connectivity index (χ3n) is 2.82. The Hall–Kier alpha value is -1.51. The molecule has 0 bridgehead atoms. The zero-order valence-corrected chi connectivity index (χ0v) is 9.58. The average Bonchev–Trinajstić information content (AvgIpc) is 2.29. The SMILES string of the molecule is CCCCCc1ccc2c(c1)CC(=O)NO2. The number of carbonyl (C=O) groups excluding carboxylic acids is 1. The van der Waals surface area contributed by atoms with Gasteiger partial charge in [-0.15, -0.1) is 0 Å². The number of hydrogen-bond donors (Lipinski definition) is 1. The van der Waals surface area contributed by atoms with Gasteiger partial charge in [0.15, 0.2) is 5.75 Å². The van der Waals surface area contributed by atoms with Crippen LogP contribution in [0.4, 0.5) is 0 Å². The fourth-order valence-corrected chi connectivity index (χ4v) is 1.93. The molecule has 3 nitrogen and oxygen atoms in total. The van der Waals surface area contributed by atoms with E-state index in [-0.39, 0.29) is 5.91 Å². The van der Waals surface area contributed by atoms with E-state index in [9.17, 15) is 4.79 Å². The summed E-state index contributed by atoms with van der Waals surface area (Å²) in [5.74, 6) is 0.706. The first kappa shape index (κ1) is 11.0. The number of benzene rings is 1. The second-order valence-corrected chi connectivity index (χ2v) is 4.20. The third-order valence-corrected chi connectivity index (χ3v) is 2.82. The molecule has 2 rings (SSSR count). The minimum absolute atomic E-state index is 0.0711. The number of aryl methyl sites for hydroxylation is 1. The molecule has 1 amide bonds. The summed E-state index contributed by atoms with van der Waals surface area (Å²) in [5.41, 5.74) is 4.67. The van der Waals surface area contributed by atoms with Crippen LogP contribution in [0, 0.1) is 0 Å². The fourth-order valence-electron chi connectivity index (χ4n) is 1.93. The smallest absolute Gasteiger partial charge is 0.257 e. The van der Waals surface area contributed by atoms with Crippen LogP contribution in [0.2, 0.25) is 0 Å². The summed E-state index contributed by atoms with van der Waals surface area (Å²) in [6.45, 7) is 2.20. The number of fused-ring (bicyclic) bond motifs is 1. The Labute approximate surface area is 95.8 Å². The molecule has 0 spiro atoms. The normalized spacial score (nSPS) is 13.9. The first-order valence-corrected chi connectivity index (χ1v) is 5.87. The summed E-state index contributed by atoms with van der Waals surface area (Å²) in [6.07, 6.45) is 5.21. The maximum Gasteiger partial charge on any atom is 0.257 e. The Morgan fingerprint density at radius 1 is 1.38 bits per heavy atom. The van der Waals surface area contributed by atoms with Crippen molar-refractivity contribution < 1.29 is 9.63 Å². The molecular weight excluding hydrogens is 202 g/mol. The number of hydroxylamine groups is 1. The van der Waals surface area contributed by atoms with Crippen molar-refractivity contribution in [1.29, 1.82) is 0 Å². The molecule has 0 aromatic heterocycles. The van der Waals surface area contributed by atoms with Crippen molar-refractivity contribution >= 4 is 5.91 Å². The molecule has 1 aliphatic rings. The van der Waals surface area contributed by atoms with Crippen LogP contribution in [-0.4, -0.2) is 5.91 Å². The molecule has 1 aromatic rings. The number of amides is 1. The van der Waals surface area contributed by atoms with E-state index in [0.29, 0.717) is 6.42 Å². The first-order chi connectivity index (χ1) is 7.79. The standard InChI is InChI=1S/C13H17NO2/c1-2-3-4-5-10-6-7-12-11(8-10)9-13(15)14-16-12/h6-8H,2-5,9H2,1H3,(H,14,15). The second kappa shape index (κ2) is 5.01. The number of unbranched alkanes of at least 4 members (excludes halogenated alkanes) is 2. The monoisotopic (exact) mass is 219 g/mol. The van der Waals surface area contributed by atoms with Crippen molar-refractivity contribution in [2.24, 2.45) is 0 Å². The van der Waals surface area contributed by atoms with Crippen LogP contribution in [0.15, 0.2) is 18.2 Å². The van der Waals surface area contributed by atoms with Crippen LogP contribution in [0.3, 0.4) is 0 Å². The molecule has 86 valence electrons. The Morgan fingerprint density at radius 2 is 2.25 bits per heavy atom. The van der Waals surface area contributed by atoms with E-state index in [1.165, 1.54) is 24.8 Å². The maximum absolute atomic E-state index is 11.2. The van der Waals surface area contributed by atoms with Crippen LogP contribution in [0.1, 0.15) is 37.3 Å². The number of carbonyl (C=O) groups is 1. The molecule has 1 heterocycles. The minimum Gasteiger partial charge on any atom is -0.379 e. The third kappa shape index (κ3) is 2.54. The van der Waals surface area contributed by atoms with Gasteiger partial charge in [-0.05, 0) is 24.5 Å². The summed E-state index contributed by atoms with van der Waals surface area (Å²) < 4.78 is 0. The van der Waals surface area contributed by atoms with Crippen LogP contribution >= 0.6 is 0 Å². The highest BCUT2D eigenvalue weighted by Gasteiger charge is 2.16. The Kier molecular flexibility index (Phi) is 3.44. The van der Waals surface area contributed by atoms with Gasteiger partial charge >= 0.3 is 0 Å². The topological polar surface area (TPSA) is 38.3 Å². The highest BCUT2D eigenvalue weighted by molar-refractivity contribution is 5.80. The van der Waals surface area contributed by atoms with Gasteiger partial charge in [0, 0.05) is 5.56 Å². The van der Waals surface area contributed by atoms with E-state index in [4.69, 9.17) is 4.84 Å². The molecule has 0 atom stereocenters. The molecule has 16 heavy (non-hydrogen) atoms. The summed E-state index contributed by atoms with van der Waals surface area (Å²) in [7, 11) is 0. The molecule has 0 unspecified atom stereocenters. The quantitative estimate of drug-likeness (QED) is 0.790. The van der Waals surface area contributed by atoms with Crippen molar-refractivity contribution in [3.05, 3.63) is 29.3 Å². The average molecular weight is 219 g/mol. The Balaban J connectivity index is 2.06. The van der Waals surface area contributed by atoms with Gasteiger partial charge in [0.25, 0.3) is 5.91 Å². The lowest BCUT2D eigenvalue weighted by molar-refractivity contribution is -0.128. The van der Waals surface area contributed by atoms with E-state index in [1.54, 1.807) is 0 Å². The zero-order chi connectivity index (χ0) is 11.4. The van der Waals surface area contributed by atoms with Crippen LogP contribution in [-0.2, 0) is 17.6 Å². The van der Waals surface area contributed by atoms with E-state index in [2.05, 4.69) is 24.5 Å². The molecular formula is C13H17NO2.